The van der Waals surface area contributed by atoms with Gasteiger partial charge in [0.1, 0.15) is 5.75 Å². The van der Waals surface area contributed by atoms with Gasteiger partial charge in [-0.15, -0.1) is 11.3 Å². The highest BCUT2D eigenvalue weighted by molar-refractivity contribution is 7.11. The highest BCUT2D eigenvalue weighted by Crippen LogP contribution is 2.37. The molecule has 2 aromatic rings. The largest absolute Gasteiger partial charge is 0.494 e. The Labute approximate surface area is 166 Å². The van der Waals surface area contributed by atoms with Crippen LogP contribution in [0.2, 0.25) is 0 Å². The zero-order valence-corrected chi connectivity index (χ0v) is 17.1. The average Bonchev–Trinajstić information content (AvgIpc) is 3.09. The number of piperidine rings is 1. The van der Waals surface area contributed by atoms with E-state index in [4.69, 9.17) is 9.47 Å². The van der Waals surface area contributed by atoms with Crippen molar-refractivity contribution in [1.82, 2.24) is 4.90 Å². The first-order chi connectivity index (χ1) is 13.1. The maximum Gasteiger partial charge on any atom is 0.312 e. The molecule has 1 saturated heterocycles. The fourth-order valence-electron chi connectivity index (χ4n) is 3.65. The van der Waals surface area contributed by atoms with Crippen LogP contribution in [0, 0.1) is 12.3 Å². The molecule has 1 aliphatic heterocycles. The zero-order valence-electron chi connectivity index (χ0n) is 16.3. The molecule has 1 aromatic heterocycles. The van der Waals surface area contributed by atoms with E-state index in [0.29, 0.717) is 19.6 Å². The Morgan fingerprint density at radius 2 is 1.89 bits per heavy atom. The van der Waals surface area contributed by atoms with Crippen LogP contribution in [0.5, 0.6) is 5.75 Å². The maximum atomic E-state index is 12.7. The van der Waals surface area contributed by atoms with Gasteiger partial charge in [-0.2, -0.15) is 0 Å². The number of rotatable bonds is 8. The average molecular weight is 388 g/mol. The molecule has 0 unspecified atom stereocenters. The lowest BCUT2D eigenvalue weighted by Crippen LogP contribution is -2.45. The van der Waals surface area contributed by atoms with Gasteiger partial charge < -0.3 is 9.47 Å². The Hall–Kier alpha value is -1.85. The molecule has 4 nitrogen and oxygen atoms in total. The summed E-state index contributed by atoms with van der Waals surface area (Å²) in [6.45, 7) is 7.79. The number of hydrogen-bond acceptors (Lipinski definition) is 5. The van der Waals surface area contributed by atoms with Gasteiger partial charge >= 0.3 is 5.97 Å². The topological polar surface area (TPSA) is 38.8 Å². The minimum absolute atomic E-state index is 0.0618. The van der Waals surface area contributed by atoms with Gasteiger partial charge in [0.15, 0.2) is 0 Å². The number of likely N-dealkylation sites (tertiary alicyclic amines) is 1. The second kappa shape index (κ2) is 9.38. The van der Waals surface area contributed by atoms with Gasteiger partial charge in [-0.1, -0.05) is 18.2 Å². The summed E-state index contributed by atoms with van der Waals surface area (Å²) >= 11 is 1.85. The molecule has 3 rings (SSSR count). The molecule has 0 amide bonds. The molecule has 5 heteroatoms. The lowest BCUT2D eigenvalue weighted by atomic mass is 9.75. The Bertz CT molecular complexity index is 720. The van der Waals surface area contributed by atoms with Crippen LogP contribution in [0.1, 0.15) is 35.9 Å². The standard InChI is InChI=1S/C22H29NO3S/c1-3-25-21(24)22(13-16-26-19-7-5-4-6-8-19)11-14-23(15-12-22)17-20-10-9-18(2)27-20/h4-10H,3,11-17H2,1-2H3. The van der Waals surface area contributed by atoms with Crippen LogP contribution in [0.3, 0.4) is 0 Å². The molecule has 1 aromatic carbocycles. The summed E-state index contributed by atoms with van der Waals surface area (Å²) in [6, 6.07) is 14.2. The predicted molar refractivity (Wildman–Crippen MR) is 109 cm³/mol. The number of hydrogen-bond donors (Lipinski definition) is 0. The van der Waals surface area contributed by atoms with E-state index in [2.05, 4.69) is 24.0 Å². The van der Waals surface area contributed by atoms with E-state index in [-0.39, 0.29) is 5.97 Å². The van der Waals surface area contributed by atoms with Crippen LogP contribution in [0.25, 0.3) is 0 Å². The Morgan fingerprint density at radius 3 is 2.52 bits per heavy atom. The number of para-hydroxylation sites is 1. The second-order valence-corrected chi connectivity index (χ2v) is 8.57. The molecular weight excluding hydrogens is 358 g/mol. The maximum absolute atomic E-state index is 12.7. The van der Waals surface area contributed by atoms with Crippen molar-refractivity contribution in [2.45, 2.75) is 39.7 Å². The summed E-state index contributed by atoms with van der Waals surface area (Å²) in [5.41, 5.74) is -0.424. The quantitative estimate of drug-likeness (QED) is 0.617. The summed E-state index contributed by atoms with van der Waals surface area (Å²) in [5.74, 6) is 0.787. The Morgan fingerprint density at radius 1 is 1.15 bits per heavy atom. The van der Waals surface area contributed by atoms with Gasteiger partial charge in [-0.25, -0.2) is 0 Å². The molecule has 0 atom stereocenters. The third kappa shape index (κ3) is 5.33. The van der Waals surface area contributed by atoms with Crippen LogP contribution in [0.15, 0.2) is 42.5 Å². The Kier molecular flexibility index (Phi) is 6.91. The summed E-state index contributed by atoms with van der Waals surface area (Å²) in [5, 5.41) is 0. The summed E-state index contributed by atoms with van der Waals surface area (Å²) in [7, 11) is 0. The van der Waals surface area contributed by atoms with E-state index in [1.54, 1.807) is 0 Å². The highest BCUT2D eigenvalue weighted by Gasteiger charge is 2.42. The number of ether oxygens (including phenoxy) is 2. The fourth-order valence-corrected chi connectivity index (χ4v) is 4.58. The van der Waals surface area contributed by atoms with E-state index in [9.17, 15) is 4.79 Å². The summed E-state index contributed by atoms with van der Waals surface area (Å²) in [4.78, 5) is 17.9. The van der Waals surface area contributed by atoms with Crippen LogP contribution in [0.4, 0.5) is 0 Å². The number of benzene rings is 1. The van der Waals surface area contributed by atoms with Crippen LogP contribution in [-0.4, -0.2) is 37.2 Å². The van der Waals surface area contributed by atoms with Crippen molar-refractivity contribution in [1.29, 1.82) is 0 Å². The van der Waals surface area contributed by atoms with Crippen molar-refractivity contribution >= 4 is 17.3 Å². The third-order valence-corrected chi connectivity index (χ3v) is 6.28. The van der Waals surface area contributed by atoms with Crippen molar-refractivity contribution in [2.75, 3.05) is 26.3 Å². The summed E-state index contributed by atoms with van der Waals surface area (Å²) < 4.78 is 11.3. The number of aryl methyl sites for hydroxylation is 1. The third-order valence-electron chi connectivity index (χ3n) is 5.29. The van der Waals surface area contributed by atoms with Crippen molar-refractivity contribution in [2.24, 2.45) is 5.41 Å². The lowest BCUT2D eigenvalue weighted by Gasteiger charge is -2.39. The molecular formula is C22H29NO3S. The molecule has 1 aliphatic rings. The molecule has 0 saturated carbocycles. The smallest absolute Gasteiger partial charge is 0.312 e. The van der Waals surface area contributed by atoms with Crippen LogP contribution >= 0.6 is 11.3 Å². The molecule has 1 fully saturated rings. The lowest BCUT2D eigenvalue weighted by molar-refractivity contribution is -0.159. The molecule has 0 radical (unpaired) electrons. The number of carbonyl (C=O) groups excluding carboxylic acids is 1. The van der Waals surface area contributed by atoms with Gasteiger partial charge in [0, 0.05) is 16.3 Å². The van der Waals surface area contributed by atoms with Crippen molar-refractivity contribution in [3.05, 3.63) is 52.2 Å². The fraction of sp³-hybridized carbons (Fsp3) is 0.500. The first kappa shape index (κ1) is 19.9. The minimum Gasteiger partial charge on any atom is -0.494 e. The predicted octanol–water partition coefficient (Wildman–Crippen LogP) is 4.67. The molecule has 0 aliphatic carbocycles. The number of esters is 1. The molecule has 0 spiro atoms. The van der Waals surface area contributed by atoms with E-state index >= 15 is 0 Å². The number of nitrogens with zero attached hydrogens (tertiary/aromatic N) is 1. The van der Waals surface area contributed by atoms with Gasteiger partial charge in [0.05, 0.1) is 18.6 Å². The van der Waals surface area contributed by atoms with Crippen molar-refractivity contribution in [3.8, 4) is 5.75 Å². The van der Waals surface area contributed by atoms with E-state index in [1.807, 2.05) is 48.6 Å². The van der Waals surface area contributed by atoms with Gasteiger partial charge in [-0.3, -0.25) is 9.69 Å². The van der Waals surface area contributed by atoms with Gasteiger partial charge in [0.25, 0.3) is 0 Å². The van der Waals surface area contributed by atoms with Crippen molar-refractivity contribution < 1.29 is 14.3 Å². The SMILES string of the molecule is CCOC(=O)C1(CCOc2ccccc2)CCN(Cc2ccc(C)s2)CC1. The number of carbonyl (C=O) groups is 1. The first-order valence-electron chi connectivity index (χ1n) is 9.74. The highest BCUT2D eigenvalue weighted by atomic mass is 32.1. The minimum atomic E-state index is -0.424. The Balaban J connectivity index is 1.57. The van der Waals surface area contributed by atoms with Crippen LogP contribution in [-0.2, 0) is 16.1 Å². The van der Waals surface area contributed by atoms with Crippen molar-refractivity contribution in [3.63, 3.8) is 0 Å². The molecule has 146 valence electrons. The molecule has 27 heavy (non-hydrogen) atoms. The molecule has 2 heterocycles. The van der Waals surface area contributed by atoms with E-state index in [0.717, 1.165) is 38.2 Å². The van der Waals surface area contributed by atoms with Crippen LogP contribution < -0.4 is 4.74 Å². The molecule has 0 bridgehead atoms. The normalized spacial score (nSPS) is 16.8. The van der Waals surface area contributed by atoms with E-state index in [1.165, 1.54) is 9.75 Å². The zero-order chi connectivity index (χ0) is 19.1. The first-order valence-corrected chi connectivity index (χ1v) is 10.6. The van der Waals surface area contributed by atoms with Gasteiger partial charge in [0.2, 0.25) is 0 Å². The second-order valence-electron chi connectivity index (χ2n) is 7.20. The molecule has 0 N–H and O–H groups in total. The monoisotopic (exact) mass is 387 g/mol. The summed E-state index contributed by atoms with van der Waals surface area (Å²) in [6.07, 6.45) is 2.36. The van der Waals surface area contributed by atoms with Gasteiger partial charge in [-0.05, 0) is 70.5 Å². The van der Waals surface area contributed by atoms with E-state index < -0.39 is 5.41 Å². The number of thiophene rings is 1.